The molecule has 2 amide bonds. The summed E-state index contributed by atoms with van der Waals surface area (Å²) in [4.78, 5) is 32.2. The van der Waals surface area contributed by atoms with E-state index in [2.05, 4.69) is 28.2 Å². The van der Waals surface area contributed by atoms with E-state index in [-0.39, 0.29) is 36.1 Å². The highest BCUT2D eigenvalue weighted by Crippen LogP contribution is 2.39. The number of aromatic nitrogens is 1. The summed E-state index contributed by atoms with van der Waals surface area (Å²) in [5.41, 5.74) is 2.51. The average molecular weight is 505 g/mol. The molecule has 36 heavy (non-hydrogen) atoms. The molecule has 1 N–H and O–H groups in total. The van der Waals surface area contributed by atoms with Crippen LogP contribution < -0.4 is 10.1 Å². The van der Waals surface area contributed by atoms with Crippen molar-refractivity contribution in [3.63, 3.8) is 0 Å². The van der Waals surface area contributed by atoms with Crippen LogP contribution in [0.4, 0.5) is 13.2 Å². The number of ether oxygens (including phenoxy) is 1. The molecule has 2 saturated heterocycles. The zero-order chi connectivity index (χ0) is 26.0. The summed E-state index contributed by atoms with van der Waals surface area (Å²) in [5.74, 6) is 0.209. The van der Waals surface area contributed by atoms with Gasteiger partial charge >= 0.3 is 6.18 Å². The van der Waals surface area contributed by atoms with Gasteiger partial charge in [-0.25, -0.2) is 0 Å². The van der Waals surface area contributed by atoms with Gasteiger partial charge in [-0.2, -0.15) is 13.2 Å². The van der Waals surface area contributed by atoms with Crippen LogP contribution >= 0.6 is 0 Å². The Kier molecular flexibility index (Phi) is 7.54. The van der Waals surface area contributed by atoms with Crippen LogP contribution in [0.5, 0.6) is 5.75 Å². The van der Waals surface area contributed by atoms with Gasteiger partial charge in [-0.3, -0.25) is 19.5 Å². The molecule has 1 aromatic carbocycles. The molecule has 2 atom stereocenters. The van der Waals surface area contributed by atoms with E-state index in [1.807, 2.05) is 13.0 Å². The van der Waals surface area contributed by atoms with Crippen LogP contribution in [0.3, 0.4) is 0 Å². The fraction of sp³-hybridized carbons (Fsp3) is 0.500. The Labute approximate surface area is 208 Å². The quantitative estimate of drug-likeness (QED) is 0.669. The summed E-state index contributed by atoms with van der Waals surface area (Å²) in [7, 11) is 1.57. The summed E-state index contributed by atoms with van der Waals surface area (Å²) >= 11 is 0. The van der Waals surface area contributed by atoms with E-state index in [1.54, 1.807) is 11.9 Å². The SMILES string of the molecule is CNC(=O)COc1ccc([C@H]2CCC[C@H]3CN(C(=O)c4ccc(C(F)(F)F)nc4)CCN32)c(C)c1C. The normalized spacial score (nSPS) is 20.6. The Bertz CT molecular complexity index is 1120. The Morgan fingerprint density at radius 1 is 1.11 bits per heavy atom. The Balaban J connectivity index is 1.46. The van der Waals surface area contributed by atoms with Crippen LogP contribution in [0.2, 0.25) is 0 Å². The number of carbonyl (C=O) groups excluding carboxylic acids is 2. The molecule has 0 spiro atoms. The molecule has 194 valence electrons. The Morgan fingerprint density at radius 3 is 2.56 bits per heavy atom. The lowest BCUT2D eigenvalue weighted by molar-refractivity contribution is -0.141. The number of fused-ring (bicyclic) bond motifs is 1. The fourth-order valence-electron chi connectivity index (χ4n) is 5.19. The molecule has 10 heteroatoms. The predicted molar refractivity (Wildman–Crippen MR) is 128 cm³/mol. The minimum absolute atomic E-state index is 0.0356. The van der Waals surface area contributed by atoms with Crippen molar-refractivity contribution in [3.8, 4) is 5.75 Å². The van der Waals surface area contributed by atoms with Gasteiger partial charge in [0.25, 0.3) is 11.8 Å². The maximum atomic E-state index is 13.0. The van der Waals surface area contributed by atoms with Crippen LogP contribution in [0, 0.1) is 13.8 Å². The van der Waals surface area contributed by atoms with Crippen LogP contribution in [0.25, 0.3) is 0 Å². The van der Waals surface area contributed by atoms with E-state index >= 15 is 0 Å². The average Bonchev–Trinajstić information content (AvgIpc) is 2.88. The summed E-state index contributed by atoms with van der Waals surface area (Å²) in [6.07, 6.45) is -0.539. The smallest absolute Gasteiger partial charge is 0.433 e. The minimum Gasteiger partial charge on any atom is -0.483 e. The number of hydrogen-bond acceptors (Lipinski definition) is 5. The standard InChI is InChI=1S/C26H31F3N4O3/c1-16-17(2)22(36-15-24(34)30-3)9-8-20(16)21-6-4-5-19-14-32(11-12-33(19)21)25(35)18-7-10-23(31-13-18)26(27,28)29/h7-10,13,19,21H,4-6,11-12,14-15H2,1-3H3,(H,30,34)/t19-,21+/m0/s1. The number of benzene rings is 1. The van der Waals surface area contributed by atoms with Gasteiger partial charge in [-0.05, 0) is 68.0 Å². The van der Waals surface area contributed by atoms with Gasteiger partial charge in [0.2, 0.25) is 0 Å². The molecule has 0 radical (unpaired) electrons. The number of carbonyl (C=O) groups is 2. The first kappa shape index (κ1) is 25.9. The molecule has 0 unspecified atom stereocenters. The van der Waals surface area contributed by atoms with Crippen molar-refractivity contribution >= 4 is 11.8 Å². The highest BCUT2D eigenvalue weighted by Gasteiger charge is 2.38. The van der Waals surface area contributed by atoms with Crippen LogP contribution in [-0.2, 0) is 11.0 Å². The van der Waals surface area contributed by atoms with Crippen molar-refractivity contribution < 1.29 is 27.5 Å². The van der Waals surface area contributed by atoms with E-state index in [0.29, 0.717) is 25.4 Å². The number of piperazine rings is 1. The molecule has 3 heterocycles. The molecule has 7 nitrogen and oxygen atoms in total. The third-order valence-electron chi connectivity index (χ3n) is 7.31. The van der Waals surface area contributed by atoms with E-state index in [4.69, 9.17) is 4.74 Å². The van der Waals surface area contributed by atoms with Gasteiger partial charge in [0.1, 0.15) is 11.4 Å². The molecule has 1 aromatic heterocycles. The zero-order valence-electron chi connectivity index (χ0n) is 20.7. The summed E-state index contributed by atoms with van der Waals surface area (Å²) < 4.78 is 44.1. The monoisotopic (exact) mass is 504 g/mol. The topological polar surface area (TPSA) is 74.8 Å². The van der Waals surface area contributed by atoms with Gasteiger partial charge in [0.15, 0.2) is 6.61 Å². The lowest BCUT2D eigenvalue weighted by Gasteiger charge is -2.48. The lowest BCUT2D eigenvalue weighted by Crippen LogP contribution is -2.57. The molecule has 2 aliphatic rings. The fourth-order valence-corrected chi connectivity index (χ4v) is 5.19. The van der Waals surface area contributed by atoms with E-state index < -0.39 is 11.9 Å². The molecule has 4 rings (SSSR count). The molecular formula is C26H31F3N4O3. The van der Waals surface area contributed by atoms with Crippen LogP contribution in [-0.4, -0.2) is 65.9 Å². The van der Waals surface area contributed by atoms with Crippen LogP contribution in [0.1, 0.15) is 58.0 Å². The van der Waals surface area contributed by atoms with E-state index in [0.717, 1.165) is 42.7 Å². The van der Waals surface area contributed by atoms with Gasteiger partial charge < -0.3 is 15.0 Å². The second kappa shape index (κ2) is 10.5. The van der Waals surface area contributed by atoms with Crippen LogP contribution in [0.15, 0.2) is 30.5 Å². The molecule has 2 aromatic rings. The predicted octanol–water partition coefficient (Wildman–Crippen LogP) is 3.89. The van der Waals surface area contributed by atoms with Crippen molar-refractivity contribution in [1.82, 2.24) is 20.1 Å². The Morgan fingerprint density at radius 2 is 1.89 bits per heavy atom. The van der Waals surface area contributed by atoms with Crippen molar-refractivity contribution in [1.29, 1.82) is 0 Å². The van der Waals surface area contributed by atoms with Crippen molar-refractivity contribution in [2.45, 2.75) is 51.4 Å². The second-order valence-corrected chi connectivity index (χ2v) is 9.38. The number of halogens is 3. The number of hydrogen-bond donors (Lipinski definition) is 1. The molecule has 0 aliphatic carbocycles. The second-order valence-electron chi connectivity index (χ2n) is 9.38. The van der Waals surface area contributed by atoms with Crippen molar-refractivity contribution in [2.24, 2.45) is 0 Å². The molecule has 0 saturated carbocycles. The third-order valence-corrected chi connectivity index (χ3v) is 7.31. The Hall–Kier alpha value is -3.14. The van der Waals surface area contributed by atoms with Gasteiger partial charge in [-0.1, -0.05) is 6.07 Å². The lowest BCUT2D eigenvalue weighted by atomic mass is 9.86. The first-order chi connectivity index (χ1) is 17.1. The molecule has 2 fully saturated rings. The maximum absolute atomic E-state index is 13.0. The number of nitrogens with one attached hydrogen (secondary N) is 1. The zero-order valence-corrected chi connectivity index (χ0v) is 20.7. The summed E-state index contributed by atoms with van der Waals surface area (Å²) in [5, 5.41) is 2.55. The molecule has 0 bridgehead atoms. The van der Waals surface area contributed by atoms with E-state index in [1.165, 1.54) is 11.6 Å². The van der Waals surface area contributed by atoms with Gasteiger partial charge in [-0.15, -0.1) is 0 Å². The van der Waals surface area contributed by atoms with Crippen molar-refractivity contribution in [2.75, 3.05) is 33.3 Å². The first-order valence-corrected chi connectivity index (χ1v) is 12.1. The number of pyridine rings is 1. The largest absolute Gasteiger partial charge is 0.483 e. The highest BCUT2D eigenvalue weighted by molar-refractivity contribution is 5.94. The molecule has 2 aliphatic heterocycles. The number of amides is 2. The third kappa shape index (κ3) is 5.33. The summed E-state index contributed by atoms with van der Waals surface area (Å²) in [6.45, 7) is 5.74. The maximum Gasteiger partial charge on any atom is 0.433 e. The summed E-state index contributed by atoms with van der Waals surface area (Å²) in [6, 6.07) is 6.43. The number of piperidine rings is 1. The highest BCUT2D eigenvalue weighted by atomic mass is 19.4. The van der Waals surface area contributed by atoms with Gasteiger partial charge in [0, 0.05) is 45.0 Å². The number of nitrogens with zero attached hydrogens (tertiary/aromatic N) is 3. The number of rotatable bonds is 5. The minimum atomic E-state index is -4.53. The molecular weight excluding hydrogens is 473 g/mol. The number of likely N-dealkylation sites (N-methyl/N-ethyl adjacent to an activating group) is 1. The first-order valence-electron chi connectivity index (χ1n) is 12.1. The van der Waals surface area contributed by atoms with E-state index in [9.17, 15) is 22.8 Å². The van der Waals surface area contributed by atoms with Gasteiger partial charge in [0.05, 0.1) is 5.56 Å². The number of alkyl halides is 3. The van der Waals surface area contributed by atoms with Crippen molar-refractivity contribution in [3.05, 3.63) is 58.4 Å².